The van der Waals surface area contributed by atoms with Crippen molar-refractivity contribution in [2.75, 3.05) is 18.1 Å². The third-order valence-corrected chi connectivity index (χ3v) is 3.30. The number of benzene rings is 1. The maximum atomic E-state index is 8.82. The van der Waals surface area contributed by atoms with Crippen molar-refractivity contribution in [2.24, 2.45) is 0 Å². The molecule has 0 amide bonds. The first-order valence-electron chi connectivity index (χ1n) is 5.69. The van der Waals surface area contributed by atoms with Crippen LogP contribution in [0.5, 0.6) is 0 Å². The van der Waals surface area contributed by atoms with E-state index in [9.17, 15) is 0 Å². The van der Waals surface area contributed by atoms with Gasteiger partial charge in [-0.1, -0.05) is 11.6 Å². The zero-order valence-electron chi connectivity index (χ0n) is 9.98. The summed E-state index contributed by atoms with van der Waals surface area (Å²) in [7, 11) is 0. The summed E-state index contributed by atoms with van der Waals surface area (Å²) in [5, 5.41) is 9.44. The van der Waals surface area contributed by atoms with Crippen molar-refractivity contribution in [1.29, 1.82) is 5.26 Å². The zero-order valence-corrected chi connectivity index (χ0v) is 10.7. The van der Waals surface area contributed by atoms with Crippen molar-refractivity contribution in [3.8, 4) is 6.07 Å². The highest BCUT2D eigenvalue weighted by molar-refractivity contribution is 6.33. The van der Waals surface area contributed by atoms with E-state index < -0.39 is 0 Å². The van der Waals surface area contributed by atoms with Gasteiger partial charge in [-0.3, -0.25) is 0 Å². The largest absolute Gasteiger partial charge is 0.375 e. The summed E-state index contributed by atoms with van der Waals surface area (Å²) in [6.07, 6.45) is 0.206. The van der Waals surface area contributed by atoms with Gasteiger partial charge in [0.2, 0.25) is 0 Å². The normalized spacial score (nSPS) is 24.5. The van der Waals surface area contributed by atoms with Gasteiger partial charge in [0.15, 0.2) is 0 Å². The number of ether oxygens (including phenoxy) is 1. The lowest BCUT2D eigenvalue weighted by Crippen LogP contribution is -2.47. The van der Waals surface area contributed by atoms with E-state index in [-0.39, 0.29) is 6.10 Å². The van der Waals surface area contributed by atoms with Gasteiger partial charge in [0.1, 0.15) is 0 Å². The molecule has 17 heavy (non-hydrogen) atoms. The third kappa shape index (κ3) is 2.54. The summed E-state index contributed by atoms with van der Waals surface area (Å²) < 4.78 is 5.59. The van der Waals surface area contributed by atoms with E-state index in [1.54, 1.807) is 12.1 Å². The molecule has 1 aromatic carbocycles. The van der Waals surface area contributed by atoms with Crippen molar-refractivity contribution >= 4 is 17.3 Å². The lowest BCUT2D eigenvalue weighted by molar-refractivity contribution is 0.0344. The van der Waals surface area contributed by atoms with Crippen molar-refractivity contribution < 1.29 is 4.74 Å². The Kier molecular flexibility index (Phi) is 3.56. The fraction of sp³-hybridized carbons (Fsp3) is 0.462. The molecule has 2 unspecified atom stereocenters. The van der Waals surface area contributed by atoms with Crippen LogP contribution < -0.4 is 4.90 Å². The second-order valence-electron chi connectivity index (χ2n) is 4.42. The molecule has 1 aromatic rings. The molecule has 0 radical (unpaired) electrons. The minimum absolute atomic E-state index is 0.206. The molecule has 1 saturated heterocycles. The number of rotatable bonds is 1. The highest BCUT2D eigenvalue weighted by Gasteiger charge is 2.25. The molecule has 0 saturated carbocycles. The number of nitriles is 1. The fourth-order valence-electron chi connectivity index (χ4n) is 2.05. The lowest BCUT2D eigenvalue weighted by atomic mass is 10.1. The van der Waals surface area contributed by atoms with Crippen molar-refractivity contribution in [3.63, 3.8) is 0 Å². The molecule has 0 bridgehead atoms. The van der Waals surface area contributed by atoms with Crippen LogP contribution in [0, 0.1) is 11.3 Å². The van der Waals surface area contributed by atoms with Crippen molar-refractivity contribution in [1.82, 2.24) is 0 Å². The minimum Gasteiger partial charge on any atom is -0.375 e. The van der Waals surface area contributed by atoms with E-state index in [1.165, 1.54) is 0 Å². The van der Waals surface area contributed by atoms with Crippen LogP contribution in [0.4, 0.5) is 5.69 Å². The fourth-order valence-corrected chi connectivity index (χ4v) is 2.34. The number of hydrogen-bond donors (Lipinski definition) is 0. The highest BCUT2D eigenvalue weighted by Crippen LogP contribution is 2.30. The van der Waals surface area contributed by atoms with Crippen LogP contribution in [0.15, 0.2) is 18.2 Å². The smallest absolute Gasteiger partial charge is 0.0992 e. The van der Waals surface area contributed by atoms with Crippen LogP contribution in [0.1, 0.15) is 19.4 Å². The molecule has 0 spiro atoms. The van der Waals surface area contributed by atoms with E-state index in [2.05, 4.69) is 24.8 Å². The molecule has 3 nitrogen and oxygen atoms in total. The molecule has 0 aromatic heterocycles. The van der Waals surface area contributed by atoms with Crippen LogP contribution in [-0.4, -0.2) is 25.3 Å². The van der Waals surface area contributed by atoms with Gasteiger partial charge >= 0.3 is 0 Å². The van der Waals surface area contributed by atoms with Crippen molar-refractivity contribution in [3.05, 3.63) is 28.8 Å². The van der Waals surface area contributed by atoms with E-state index >= 15 is 0 Å². The third-order valence-electron chi connectivity index (χ3n) is 2.99. The number of halogens is 1. The number of morpholine rings is 1. The zero-order chi connectivity index (χ0) is 12.4. The van der Waals surface area contributed by atoms with Gasteiger partial charge in [0, 0.05) is 12.6 Å². The van der Waals surface area contributed by atoms with Crippen LogP contribution in [-0.2, 0) is 4.74 Å². The second kappa shape index (κ2) is 4.95. The Hall–Kier alpha value is -1.24. The molecule has 0 N–H and O–H groups in total. The summed E-state index contributed by atoms with van der Waals surface area (Å²) in [5.41, 5.74) is 1.57. The van der Waals surface area contributed by atoms with E-state index in [1.807, 2.05) is 6.07 Å². The molecule has 1 heterocycles. The Labute approximate surface area is 107 Å². The SMILES string of the molecule is CC1CN(c2ccc(C#N)cc2Cl)C(C)CO1. The highest BCUT2D eigenvalue weighted by atomic mass is 35.5. The predicted octanol–water partition coefficient (Wildman–Crippen LogP) is 2.83. The van der Waals surface area contributed by atoms with Gasteiger partial charge in [-0.25, -0.2) is 0 Å². The Morgan fingerprint density at radius 2 is 2.24 bits per heavy atom. The molecule has 4 heteroatoms. The van der Waals surface area contributed by atoms with Gasteiger partial charge in [-0.15, -0.1) is 0 Å². The van der Waals surface area contributed by atoms with Crippen LogP contribution in [0.25, 0.3) is 0 Å². The second-order valence-corrected chi connectivity index (χ2v) is 4.83. The molecule has 2 atom stereocenters. The molecular formula is C13H15ClN2O. The average molecular weight is 251 g/mol. The monoisotopic (exact) mass is 250 g/mol. The van der Waals surface area contributed by atoms with E-state index in [0.717, 1.165) is 12.2 Å². The maximum Gasteiger partial charge on any atom is 0.0992 e. The average Bonchev–Trinajstić information content (AvgIpc) is 2.32. The van der Waals surface area contributed by atoms with Gasteiger partial charge in [-0.05, 0) is 32.0 Å². The van der Waals surface area contributed by atoms with Crippen LogP contribution in [0.2, 0.25) is 5.02 Å². The molecule has 2 rings (SSSR count). The van der Waals surface area contributed by atoms with Gasteiger partial charge in [0.05, 0.1) is 35.1 Å². The number of hydrogen-bond acceptors (Lipinski definition) is 3. The quantitative estimate of drug-likeness (QED) is 0.769. The summed E-state index contributed by atoms with van der Waals surface area (Å²) in [5.74, 6) is 0. The van der Waals surface area contributed by atoms with Gasteiger partial charge in [0.25, 0.3) is 0 Å². The Bertz CT molecular complexity index is 455. The van der Waals surface area contributed by atoms with Crippen LogP contribution >= 0.6 is 11.6 Å². The Morgan fingerprint density at radius 1 is 1.47 bits per heavy atom. The summed E-state index contributed by atoms with van der Waals surface area (Å²) in [6.45, 7) is 5.70. The molecule has 1 aliphatic heterocycles. The Morgan fingerprint density at radius 3 is 2.88 bits per heavy atom. The summed E-state index contributed by atoms with van der Waals surface area (Å²) in [6, 6.07) is 7.82. The number of anilines is 1. The molecule has 0 aliphatic carbocycles. The summed E-state index contributed by atoms with van der Waals surface area (Å²) in [4.78, 5) is 2.23. The van der Waals surface area contributed by atoms with E-state index in [4.69, 9.17) is 21.6 Å². The van der Waals surface area contributed by atoms with Gasteiger partial charge < -0.3 is 9.64 Å². The maximum absolute atomic E-state index is 8.82. The van der Waals surface area contributed by atoms with Crippen LogP contribution in [0.3, 0.4) is 0 Å². The molecular weight excluding hydrogens is 236 g/mol. The lowest BCUT2D eigenvalue weighted by Gasteiger charge is -2.38. The van der Waals surface area contributed by atoms with Gasteiger partial charge in [-0.2, -0.15) is 5.26 Å². The first kappa shape index (κ1) is 12.2. The first-order valence-corrected chi connectivity index (χ1v) is 6.07. The van der Waals surface area contributed by atoms with Crippen molar-refractivity contribution in [2.45, 2.75) is 26.0 Å². The molecule has 1 aliphatic rings. The predicted molar refractivity (Wildman–Crippen MR) is 68.4 cm³/mol. The standard InChI is InChI=1S/C13H15ClN2O/c1-9-8-17-10(2)7-16(9)13-4-3-11(6-15)5-12(13)14/h3-5,9-10H,7-8H2,1-2H3. The number of nitrogens with zero attached hydrogens (tertiary/aromatic N) is 2. The minimum atomic E-state index is 0.206. The van der Waals surface area contributed by atoms with E-state index in [0.29, 0.717) is 23.2 Å². The molecule has 1 fully saturated rings. The first-order chi connectivity index (χ1) is 8.11. The topological polar surface area (TPSA) is 36.3 Å². The Balaban J connectivity index is 2.30. The molecule has 90 valence electrons. The summed E-state index contributed by atoms with van der Waals surface area (Å²) >= 11 is 6.22.